The summed E-state index contributed by atoms with van der Waals surface area (Å²) in [6, 6.07) is 15.3. The van der Waals surface area contributed by atoms with E-state index >= 15 is 4.79 Å². The summed E-state index contributed by atoms with van der Waals surface area (Å²) in [7, 11) is 1.59. The number of fused-ring (bicyclic) bond motifs is 1. The lowest BCUT2D eigenvalue weighted by Gasteiger charge is -2.43. The van der Waals surface area contributed by atoms with Gasteiger partial charge in [-0.15, -0.1) is 24.9 Å². The first-order valence-corrected chi connectivity index (χ1v) is 16.7. The Morgan fingerprint density at radius 2 is 1.67 bits per heavy atom. The van der Waals surface area contributed by atoms with Crippen molar-refractivity contribution in [1.29, 1.82) is 0 Å². The number of methoxy groups -OCH3 is 1. The number of aliphatic hydroxyl groups excluding tert-OH is 1. The average Bonchev–Trinajstić information content (AvgIpc) is 3.66. The first-order valence-electron chi connectivity index (χ1n) is 15.8. The van der Waals surface area contributed by atoms with E-state index in [1.807, 2.05) is 56.3 Å². The molecule has 1 N–H and O–H groups in total. The van der Waals surface area contributed by atoms with E-state index in [1.165, 1.54) is 0 Å². The quantitative estimate of drug-likeness (QED) is 0.307. The Balaban J connectivity index is 1.64. The van der Waals surface area contributed by atoms with Crippen LogP contribution in [0.5, 0.6) is 5.75 Å². The van der Waals surface area contributed by atoms with Crippen molar-refractivity contribution in [3.8, 4) is 5.75 Å². The molecule has 2 aromatic rings. The van der Waals surface area contributed by atoms with Crippen LogP contribution in [0.2, 0.25) is 0 Å². The van der Waals surface area contributed by atoms with E-state index < -0.39 is 28.7 Å². The van der Waals surface area contributed by atoms with Crippen LogP contribution in [0.4, 0.5) is 11.4 Å². The van der Waals surface area contributed by atoms with E-state index in [4.69, 9.17) is 4.74 Å². The molecule has 8 atom stereocenters. The Morgan fingerprint density at radius 1 is 1.07 bits per heavy atom. The summed E-state index contributed by atoms with van der Waals surface area (Å²) in [5.41, 5.74) is 1.41. The first-order chi connectivity index (χ1) is 21.7. The van der Waals surface area contributed by atoms with Crippen molar-refractivity contribution in [2.24, 2.45) is 23.7 Å². The molecule has 3 saturated heterocycles. The van der Waals surface area contributed by atoms with Gasteiger partial charge in [0.1, 0.15) is 11.8 Å². The summed E-state index contributed by atoms with van der Waals surface area (Å²) in [6.45, 7) is 14.2. The molecule has 3 aliphatic rings. The maximum atomic E-state index is 15.0. The van der Waals surface area contributed by atoms with Gasteiger partial charge in [-0.05, 0) is 54.7 Å². The number of aliphatic hydroxyl groups is 1. The maximum Gasteiger partial charge on any atom is 0.251 e. The van der Waals surface area contributed by atoms with Gasteiger partial charge in [0.05, 0.1) is 36.3 Å². The fraction of sp³-hybridized carbons (Fsp3) is 0.472. The number of ether oxygens (including phenoxy) is 1. The molecule has 3 aliphatic heterocycles. The highest BCUT2D eigenvalue weighted by Gasteiger charge is 2.77. The molecule has 3 heterocycles. The predicted octanol–water partition coefficient (Wildman–Crippen LogP) is 5.18. The Bertz CT molecular complexity index is 1420. The standard InChI is InChI=1S/C36H45N3O5S/c1-7-19-37(25-13-11-10-12-14-25)33(41)30-29-21-24(5)36(45-29)31(30)34(42)39(28(22-40)23(4)9-3)32(36)35(43)38(20-8-2)26-15-17-27(44-6)18-16-26/h7-8,10-18,23-24,28-32,40H,1-2,9,19-22H2,3-6H3/t23-,24?,28-,29-,30+,31-,32?,36?/m0/s1. The second-order valence-corrected chi connectivity index (χ2v) is 14.0. The largest absolute Gasteiger partial charge is 0.497 e. The number of likely N-dealkylation sites (tertiary alicyclic amines) is 1. The summed E-state index contributed by atoms with van der Waals surface area (Å²) in [5.74, 6) is -1.28. The number of hydrogen-bond donors (Lipinski definition) is 1. The van der Waals surface area contributed by atoms with E-state index in [0.29, 0.717) is 18.0 Å². The molecule has 45 heavy (non-hydrogen) atoms. The minimum absolute atomic E-state index is 0.00764. The predicted molar refractivity (Wildman–Crippen MR) is 180 cm³/mol. The van der Waals surface area contributed by atoms with Crippen LogP contribution in [0.25, 0.3) is 0 Å². The number of carbonyl (C=O) groups is 3. The molecule has 2 bridgehead atoms. The number of nitrogens with zero attached hydrogens (tertiary/aromatic N) is 3. The Morgan fingerprint density at radius 3 is 2.22 bits per heavy atom. The van der Waals surface area contributed by atoms with Crippen molar-refractivity contribution in [3.05, 3.63) is 79.9 Å². The lowest BCUT2D eigenvalue weighted by Crippen LogP contribution is -2.60. The van der Waals surface area contributed by atoms with Gasteiger partial charge in [-0.25, -0.2) is 0 Å². The first kappa shape index (κ1) is 32.8. The van der Waals surface area contributed by atoms with Crippen molar-refractivity contribution >= 4 is 40.9 Å². The maximum absolute atomic E-state index is 15.0. The molecule has 1 spiro atoms. The lowest BCUT2D eigenvalue weighted by atomic mass is 9.65. The number of para-hydroxylation sites is 1. The molecule has 3 amide bonds. The third-order valence-electron chi connectivity index (χ3n) is 10.2. The highest BCUT2D eigenvalue weighted by Crippen LogP contribution is 2.69. The van der Waals surface area contributed by atoms with Gasteiger partial charge in [-0.3, -0.25) is 14.4 Å². The number of benzene rings is 2. The zero-order valence-corrected chi connectivity index (χ0v) is 27.5. The molecule has 3 fully saturated rings. The van der Waals surface area contributed by atoms with Crippen molar-refractivity contribution < 1.29 is 24.2 Å². The molecule has 3 unspecified atom stereocenters. The van der Waals surface area contributed by atoms with Crippen molar-refractivity contribution in [2.45, 2.75) is 55.7 Å². The van der Waals surface area contributed by atoms with E-state index in [0.717, 1.165) is 18.5 Å². The fourth-order valence-electron chi connectivity index (χ4n) is 7.79. The summed E-state index contributed by atoms with van der Waals surface area (Å²) in [4.78, 5) is 49.5. The number of rotatable bonds is 13. The number of thioether (sulfide) groups is 1. The minimum Gasteiger partial charge on any atom is -0.497 e. The van der Waals surface area contributed by atoms with Gasteiger partial charge >= 0.3 is 0 Å². The van der Waals surface area contributed by atoms with E-state index in [-0.39, 0.29) is 48.0 Å². The van der Waals surface area contributed by atoms with Crippen molar-refractivity contribution in [2.75, 3.05) is 36.6 Å². The molecule has 0 radical (unpaired) electrons. The second-order valence-electron chi connectivity index (χ2n) is 12.4. The van der Waals surface area contributed by atoms with Crippen molar-refractivity contribution in [3.63, 3.8) is 0 Å². The average molecular weight is 632 g/mol. The zero-order valence-electron chi connectivity index (χ0n) is 26.7. The summed E-state index contributed by atoms with van der Waals surface area (Å²) in [5, 5.41) is 10.6. The Labute approximate surface area is 271 Å². The molecular formula is C36H45N3O5S. The monoisotopic (exact) mass is 631 g/mol. The second kappa shape index (κ2) is 13.4. The van der Waals surface area contributed by atoms with E-state index in [9.17, 15) is 14.7 Å². The Kier molecular flexibility index (Phi) is 9.80. The molecule has 240 valence electrons. The molecule has 2 aromatic carbocycles. The molecule has 8 nitrogen and oxygen atoms in total. The smallest absolute Gasteiger partial charge is 0.251 e. The van der Waals surface area contributed by atoms with Gasteiger partial charge < -0.3 is 24.5 Å². The van der Waals surface area contributed by atoms with Crippen LogP contribution in [-0.4, -0.2) is 76.6 Å². The summed E-state index contributed by atoms with van der Waals surface area (Å²) >= 11 is 1.64. The molecular weight excluding hydrogens is 586 g/mol. The Hall–Kier alpha value is -3.56. The van der Waals surface area contributed by atoms with Gasteiger partial charge in [-0.2, -0.15) is 0 Å². The summed E-state index contributed by atoms with van der Waals surface area (Å²) < 4.78 is 4.52. The van der Waals surface area contributed by atoms with Crippen molar-refractivity contribution in [1.82, 2.24) is 4.90 Å². The number of amides is 3. The molecule has 9 heteroatoms. The topological polar surface area (TPSA) is 90.4 Å². The van der Waals surface area contributed by atoms with E-state index in [1.54, 1.807) is 57.9 Å². The third kappa shape index (κ3) is 5.37. The third-order valence-corrected chi connectivity index (χ3v) is 12.2. The van der Waals surface area contributed by atoms with Gasteiger partial charge in [-0.1, -0.05) is 57.5 Å². The van der Waals surface area contributed by atoms with Crippen LogP contribution in [0, 0.1) is 23.7 Å². The molecule has 0 aromatic heterocycles. The van der Waals surface area contributed by atoms with Crippen LogP contribution in [-0.2, 0) is 14.4 Å². The van der Waals surface area contributed by atoms with Gasteiger partial charge in [0.2, 0.25) is 11.8 Å². The zero-order chi connectivity index (χ0) is 32.5. The van der Waals surface area contributed by atoms with Gasteiger partial charge in [0.15, 0.2) is 0 Å². The number of hydrogen-bond acceptors (Lipinski definition) is 6. The number of carbonyl (C=O) groups excluding carboxylic acids is 3. The van der Waals surface area contributed by atoms with Gasteiger partial charge in [0, 0.05) is 29.7 Å². The molecule has 5 rings (SSSR count). The SMILES string of the molecule is C=CCN(C(=O)C1N([C@@H](CO)[C@@H](C)CC)C(=O)[C@@H]2[C@H](C(=O)N(CC=C)c3ccccc3)[C@@H]3CC(C)C12S3)c1ccc(OC)cc1. The van der Waals surface area contributed by atoms with Crippen LogP contribution in [0.1, 0.15) is 33.6 Å². The number of anilines is 2. The normalized spacial score (nSPS) is 27.9. The minimum atomic E-state index is -0.865. The highest BCUT2D eigenvalue weighted by atomic mass is 32.2. The van der Waals surface area contributed by atoms with Crippen LogP contribution in [0.15, 0.2) is 79.9 Å². The molecule has 0 saturated carbocycles. The highest BCUT2D eigenvalue weighted by molar-refractivity contribution is 8.02. The summed E-state index contributed by atoms with van der Waals surface area (Å²) in [6.07, 6.45) is 4.82. The van der Waals surface area contributed by atoms with Crippen LogP contribution >= 0.6 is 11.8 Å². The van der Waals surface area contributed by atoms with Crippen LogP contribution < -0.4 is 14.5 Å². The van der Waals surface area contributed by atoms with Gasteiger partial charge in [0.25, 0.3) is 5.91 Å². The van der Waals surface area contributed by atoms with E-state index in [2.05, 4.69) is 20.1 Å². The molecule has 0 aliphatic carbocycles. The lowest BCUT2D eigenvalue weighted by molar-refractivity contribution is -0.143. The van der Waals surface area contributed by atoms with Crippen LogP contribution in [0.3, 0.4) is 0 Å². The fourth-order valence-corrected chi connectivity index (χ4v) is 10.2.